The Bertz CT molecular complexity index is 357. The summed E-state index contributed by atoms with van der Waals surface area (Å²) in [5.41, 5.74) is 0.900. The lowest BCUT2D eigenvalue weighted by atomic mass is 9.89. The summed E-state index contributed by atoms with van der Waals surface area (Å²) in [7, 11) is 0. The van der Waals surface area contributed by atoms with E-state index in [9.17, 15) is 10.2 Å². The van der Waals surface area contributed by atoms with Crippen LogP contribution < -0.4 is 5.32 Å². The van der Waals surface area contributed by atoms with Crippen LogP contribution in [0, 0.1) is 5.41 Å². The Balaban J connectivity index is 2.53. The van der Waals surface area contributed by atoms with Crippen LogP contribution in [0.4, 0.5) is 0 Å². The Morgan fingerprint density at radius 3 is 2.47 bits per heavy atom. The van der Waals surface area contributed by atoms with E-state index < -0.39 is 0 Å². The smallest absolute Gasteiger partial charge is 0.115 e. The number of benzene rings is 1. The molecule has 0 bridgehead atoms. The molecular weight excluding hydrogens is 214 g/mol. The molecule has 2 unspecified atom stereocenters. The van der Waals surface area contributed by atoms with Crippen LogP contribution in [-0.4, -0.2) is 22.9 Å². The highest BCUT2D eigenvalue weighted by Crippen LogP contribution is 2.21. The molecule has 0 saturated carbocycles. The molecule has 3 heteroatoms. The first kappa shape index (κ1) is 14.0. The summed E-state index contributed by atoms with van der Waals surface area (Å²) < 4.78 is 0. The Morgan fingerprint density at radius 2 is 1.94 bits per heavy atom. The number of aliphatic hydroxyl groups is 1. The van der Waals surface area contributed by atoms with Crippen LogP contribution in [0.3, 0.4) is 0 Å². The molecule has 0 aliphatic heterocycles. The van der Waals surface area contributed by atoms with Crippen molar-refractivity contribution in [2.75, 3.05) is 6.54 Å². The minimum Gasteiger partial charge on any atom is -0.508 e. The van der Waals surface area contributed by atoms with Crippen LogP contribution in [0.15, 0.2) is 24.3 Å². The zero-order chi connectivity index (χ0) is 13.1. The van der Waals surface area contributed by atoms with E-state index in [2.05, 4.69) is 5.32 Å². The molecule has 2 atom stereocenters. The predicted octanol–water partition coefficient (Wildman–Crippen LogP) is 2.45. The normalized spacial score (nSPS) is 15.6. The third-order valence-corrected chi connectivity index (χ3v) is 2.99. The highest BCUT2D eigenvalue weighted by atomic mass is 16.3. The minimum atomic E-state index is -0.387. The first-order chi connectivity index (χ1) is 7.80. The molecule has 3 N–H and O–H groups in total. The van der Waals surface area contributed by atoms with Crippen molar-refractivity contribution in [3.05, 3.63) is 29.8 Å². The summed E-state index contributed by atoms with van der Waals surface area (Å²) in [4.78, 5) is 0. The second kappa shape index (κ2) is 5.52. The van der Waals surface area contributed by atoms with Crippen molar-refractivity contribution in [1.82, 2.24) is 5.32 Å². The van der Waals surface area contributed by atoms with Gasteiger partial charge in [-0.05, 0) is 30.0 Å². The molecule has 1 aromatic carbocycles. The largest absolute Gasteiger partial charge is 0.508 e. The van der Waals surface area contributed by atoms with Gasteiger partial charge in [-0.25, -0.2) is 0 Å². The van der Waals surface area contributed by atoms with Gasteiger partial charge in [0.2, 0.25) is 0 Å². The molecule has 1 rings (SSSR count). The number of phenolic OH excluding ortho intramolecular Hbond substituents is 1. The first-order valence-corrected chi connectivity index (χ1v) is 6.01. The van der Waals surface area contributed by atoms with Crippen molar-refractivity contribution >= 4 is 0 Å². The maximum absolute atomic E-state index is 9.92. The van der Waals surface area contributed by atoms with Crippen LogP contribution >= 0.6 is 0 Å². The summed E-state index contributed by atoms with van der Waals surface area (Å²) in [6.07, 6.45) is -0.387. The standard InChI is InChI=1S/C14H23NO2/c1-10(11-6-5-7-12(16)8-11)15-9-13(17)14(2,3)4/h5-8,10,13,15-17H,9H2,1-4H3. The van der Waals surface area contributed by atoms with Crippen LogP contribution in [0.5, 0.6) is 5.75 Å². The van der Waals surface area contributed by atoms with E-state index in [-0.39, 0.29) is 23.3 Å². The van der Waals surface area contributed by atoms with Gasteiger partial charge in [-0.1, -0.05) is 32.9 Å². The average Bonchev–Trinajstić information content (AvgIpc) is 2.24. The zero-order valence-corrected chi connectivity index (χ0v) is 11.1. The Hall–Kier alpha value is -1.06. The maximum atomic E-state index is 9.92. The predicted molar refractivity (Wildman–Crippen MR) is 70.0 cm³/mol. The van der Waals surface area contributed by atoms with E-state index in [1.807, 2.05) is 39.8 Å². The van der Waals surface area contributed by atoms with Gasteiger partial charge >= 0.3 is 0 Å². The van der Waals surface area contributed by atoms with Crippen LogP contribution in [-0.2, 0) is 0 Å². The Kier molecular flexibility index (Phi) is 4.54. The topological polar surface area (TPSA) is 52.5 Å². The van der Waals surface area contributed by atoms with Gasteiger partial charge in [0, 0.05) is 12.6 Å². The van der Waals surface area contributed by atoms with Crippen molar-refractivity contribution in [2.24, 2.45) is 5.41 Å². The third-order valence-electron chi connectivity index (χ3n) is 2.99. The molecule has 0 heterocycles. The van der Waals surface area contributed by atoms with Crippen molar-refractivity contribution < 1.29 is 10.2 Å². The van der Waals surface area contributed by atoms with Crippen molar-refractivity contribution in [1.29, 1.82) is 0 Å². The lowest BCUT2D eigenvalue weighted by molar-refractivity contribution is 0.0609. The summed E-state index contributed by atoms with van der Waals surface area (Å²) >= 11 is 0. The van der Waals surface area contributed by atoms with Gasteiger partial charge in [0.1, 0.15) is 5.75 Å². The fraction of sp³-hybridized carbons (Fsp3) is 0.571. The summed E-state index contributed by atoms with van der Waals surface area (Å²) in [5.74, 6) is 0.271. The molecular formula is C14H23NO2. The summed E-state index contributed by atoms with van der Waals surface area (Å²) in [5, 5.41) is 22.6. The van der Waals surface area contributed by atoms with Gasteiger partial charge in [-0.2, -0.15) is 0 Å². The highest BCUT2D eigenvalue weighted by molar-refractivity contribution is 5.28. The monoisotopic (exact) mass is 237 g/mol. The SMILES string of the molecule is CC(NCC(O)C(C)(C)C)c1cccc(O)c1. The number of phenols is 1. The average molecular weight is 237 g/mol. The minimum absolute atomic E-state index is 0.110. The third kappa shape index (κ3) is 4.36. The van der Waals surface area contributed by atoms with Crippen molar-refractivity contribution in [3.8, 4) is 5.75 Å². The van der Waals surface area contributed by atoms with Gasteiger partial charge in [0.15, 0.2) is 0 Å². The molecule has 0 fully saturated rings. The molecule has 17 heavy (non-hydrogen) atoms. The number of hydrogen-bond acceptors (Lipinski definition) is 3. The van der Waals surface area contributed by atoms with Gasteiger partial charge < -0.3 is 15.5 Å². The van der Waals surface area contributed by atoms with E-state index >= 15 is 0 Å². The summed E-state index contributed by atoms with van der Waals surface area (Å²) in [6, 6.07) is 7.28. The quantitative estimate of drug-likeness (QED) is 0.754. The Labute approximate surface area is 103 Å². The molecule has 0 radical (unpaired) electrons. The molecule has 0 saturated heterocycles. The van der Waals surface area contributed by atoms with Crippen LogP contribution in [0.1, 0.15) is 39.3 Å². The number of rotatable bonds is 4. The lowest BCUT2D eigenvalue weighted by Gasteiger charge is -2.27. The van der Waals surface area contributed by atoms with E-state index in [1.165, 1.54) is 0 Å². The van der Waals surface area contributed by atoms with Crippen LogP contribution in [0.25, 0.3) is 0 Å². The number of hydrogen-bond donors (Lipinski definition) is 3. The maximum Gasteiger partial charge on any atom is 0.115 e. The molecule has 0 amide bonds. The van der Waals surface area contributed by atoms with Gasteiger partial charge in [0.25, 0.3) is 0 Å². The molecule has 0 aliphatic rings. The van der Waals surface area contributed by atoms with E-state index in [4.69, 9.17) is 0 Å². The number of nitrogens with one attached hydrogen (secondary N) is 1. The summed E-state index contributed by atoms with van der Waals surface area (Å²) in [6.45, 7) is 8.60. The highest BCUT2D eigenvalue weighted by Gasteiger charge is 2.22. The molecule has 96 valence electrons. The molecule has 0 spiro atoms. The number of aliphatic hydroxyl groups excluding tert-OH is 1. The van der Waals surface area contributed by atoms with E-state index in [1.54, 1.807) is 12.1 Å². The first-order valence-electron chi connectivity index (χ1n) is 6.01. The van der Waals surface area contributed by atoms with Gasteiger partial charge in [0.05, 0.1) is 6.10 Å². The molecule has 1 aromatic rings. The zero-order valence-electron chi connectivity index (χ0n) is 11.1. The van der Waals surface area contributed by atoms with Gasteiger partial charge in [-0.15, -0.1) is 0 Å². The number of aromatic hydroxyl groups is 1. The molecule has 0 aliphatic carbocycles. The molecule has 3 nitrogen and oxygen atoms in total. The fourth-order valence-electron chi connectivity index (χ4n) is 1.51. The van der Waals surface area contributed by atoms with Crippen molar-refractivity contribution in [3.63, 3.8) is 0 Å². The molecule has 0 aromatic heterocycles. The lowest BCUT2D eigenvalue weighted by Crippen LogP contribution is -2.37. The van der Waals surface area contributed by atoms with Gasteiger partial charge in [-0.3, -0.25) is 0 Å². The van der Waals surface area contributed by atoms with E-state index in [0.29, 0.717) is 6.54 Å². The van der Waals surface area contributed by atoms with Crippen LogP contribution in [0.2, 0.25) is 0 Å². The fourth-order valence-corrected chi connectivity index (χ4v) is 1.51. The van der Waals surface area contributed by atoms with E-state index in [0.717, 1.165) is 5.56 Å². The second-order valence-corrected chi connectivity index (χ2v) is 5.61. The Morgan fingerprint density at radius 1 is 1.29 bits per heavy atom. The second-order valence-electron chi connectivity index (χ2n) is 5.61. The van der Waals surface area contributed by atoms with Crippen molar-refractivity contribution in [2.45, 2.75) is 39.8 Å².